The molecule has 1 aliphatic rings. The molecule has 1 fully saturated rings. The van der Waals surface area contributed by atoms with Crippen LogP contribution in [0.1, 0.15) is 47.0 Å². The van der Waals surface area contributed by atoms with Crippen LogP contribution in [0.5, 0.6) is 0 Å². The first kappa shape index (κ1) is 17.6. The van der Waals surface area contributed by atoms with Crippen molar-refractivity contribution < 1.29 is 4.79 Å². The Bertz CT molecular complexity index is 345. The molecule has 4 unspecified atom stereocenters. The van der Waals surface area contributed by atoms with Crippen molar-refractivity contribution in [2.24, 2.45) is 28.0 Å². The van der Waals surface area contributed by atoms with Crippen LogP contribution < -0.4 is 17.2 Å². The largest absolute Gasteiger partial charge is 0.330 e. The number of nitrogens with zero attached hydrogens (tertiary/aromatic N) is 1. The Morgan fingerprint density at radius 2 is 1.75 bits per heavy atom. The van der Waals surface area contributed by atoms with Gasteiger partial charge in [0, 0.05) is 30.0 Å². The molecule has 0 aromatic heterocycles. The molecule has 0 aromatic rings. The molecule has 0 aromatic carbocycles. The predicted molar refractivity (Wildman–Crippen MR) is 83.0 cm³/mol. The van der Waals surface area contributed by atoms with E-state index in [2.05, 4.69) is 4.90 Å². The van der Waals surface area contributed by atoms with Crippen molar-refractivity contribution >= 4 is 5.78 Å². The number of nitrogens with two attached hydrogens (primary N) is 3. The Labute approximate surface area is 123 Å². The first-order valence-electron chi connectivity index (χ1n) is 7.77. The maximum absolute atomic E-state index is 13.1. The van der Waals surface area contributed by atoms with Gasteiger partial charge in [-0.1, -0.05) is 27.7 Å². The predicted octanol–water partition coefficient (Wildman–Crippen LogP) is 0.665. The monoisotopic (exact) mass is 284 g/mol. The zero-order chi connectivity index (χ0) is 15.6. The van der Waals surface area contributed by atoms with Gasteiger partial charge in [0.05, 0.1) is 6.17 Å². The lowest BCUT2D eigenvalue weighted by atomic mass is 9.64. The van der Waals surface area contributed by atoms with Crippen LogP contribution in [-0.4, -0.2) is 42.5 Å². The third kappa shape index (κ3) is 3.22. The van der Waals surface area contributed by atoms with Crippen LogP contribution in [-0.2, 0) is 4.79 Å². The average Bonchev–Trinajstić information content (AvgIpc) is 3.28. The summed E-state index contributed by atoms with van der Waals surface area (Å²) in [6, 6.07) is -0.342. The van der Waals surface area contributed by atoms with Crippen molar-refractivity contribution in [1.29, 1.82) is 0 Å². The topological polar surface area (TPSA) is 98.1 Å². The molecule has 0 radical (unpaired) electrons. The molecule has 4 atom stereocenters. The van der Waals surface area contributed by atoms with E-state index in [1.807, 2.05) is 27.7 Å². The SMILES string of the molecule is CCC(C)(CCN)C(=O)C(C)(CC)C(N)C(N)N1CC1. The van der Waals surface area contributed by atoms with Gasteiger partial charge in [-0.25, -0.2) is 0 Å². The molecule has 20 heavy (non-hydrogen) atoms. The van der Waals surface area contributed by atoms with Crippen LogP contribution in [0, 0.1) is 10.8 Å². The summed E-state index contributed by atoms with van der Waals surface area (Å²) < 4.78 is 0. The van der Waals surface area contributed by atoms with Crippen molar-refractivity contribution in [3.63, 3.8) is 0 Å². The van der Waals surface area contributed by atoms with Crippen molar-refractivity contribution in [2.45, 2.75) is 59.2 Å². The second kappa shape index (κ2) is 6.52. The first-order chi connectivity index (χ1) is 9.26. The number of carbonyl (C=O) groups excluding carboxylic acids is 1. The summed E-state index contributed by atoms with van der Waals surface area (Å²) in [6.45, 7) is 10.5. The third-order valence-electron chi connectivity index (χ3n) is 5.28. The van der Waals surface area contributed by atoms with E-state index in [1.54, 1.807) is 0 Å². The maximum atomic E-state index is 13.1. The zero-order valence-electron chi connectivity index (χ0n) is 13.5. The summed E-state index contributed by atoms with van der Waals surface area (Å²) >= 11 is 0. The Balaban J connectivity index is 2.98. The van der Waals surface area contributed by atoms with Crippen LogP contribution in [0.25, 0.3) is 0 Å². The van der Waals surface area contributed by atoms with Crippen molar-refractivity contribution in [3.05, 3.63) is 0 Å². The van der Waals surface area contributed by atoms with Gasteiger partial charge in [0.1, 0.15) is 5.78 Å². The third-order valence-corrected chi connectivity index (χ3v) is 5.28. The van der Waals surface area contributed by atoms with Crippen LogP contribution in [0.4, 0.5) is 0 Å². The first-order valence-corrected chi connectivity index (χ1v) is 7.77. The van der Waals surface area contributed by atoms with E-state index in [4.69, 9.17) is 17.2 Å². The van der Waals surface area contributed by atoms with Crippen molar-refractivity contribution in [1.82, 2.24) is 4.90 Å². The van der Waals surface area contributed by atoms with E-state index in [0.29, 0.717) is 19.4 Å². The molecule has 0 saturated carbocycles. The van der Waals surface area contributed by atoms with Gasteiger partial charge in [0.2, 0.25) is 0 Å². The number of Topliss-reactive ketones (excluding diaryl/α,β-unsaturated/α-hetero) is 1. The van der Waals surface area contributed by atoms with Crippen LogP contribution in [0.15, 0.2) is 0 Å². The molecular formula is C15H32N4O. The molecule has 1 rings (SSSR count). The summed E-state index contributed by atoms with van der Waals surface area (Å²) in [5.74, 6) is 0.213. The minimum Gasteiger partial charge on any atom is -0.330 e. The fraction of sp³-hybridized carbons (Fsp3) is 0.933. The minimum absolute atomic E-state index is 0.213. The molecule has 0 spiro atoms. The molecule has 5 nitrogen and oxygen atoms in total. The molecule has 0 aliphatic carbocycles. The van der Waals surface area contributed by atoms with Gasteiger partial charge < -0.3 is 17.2 Å². The minimum atomic E-state index is -0.595. The van der Waals surface area contributed by atoms with E-state index in [0.717, 1.165) is 19.5 Å². The van der Waals surface area contributed by atoms with E-state index in [9.17, 15) is 4.79 Å². The second-order valence-corrected chi connectivity index (χ2v) is 6.61. The van der Waals surface area contributed by atoms with Gasteiger partial charge >= 0.3 is 0 Å². The second-order valence-electron chi connectivity index (χ2n) is 6.61. The van der Waals surface area contributed by atoms with Crippen molar-refractivity contribution in [3.8, 4) is 0 Å². The van der Waals surface area contributed by atoms with Gasteiger partial charge in [-0.3, -0.25) is 9.69 Å². The average molecular weight is 284 g/mol. The lowest BCUT2D eigenvalue weighted by molar-refractivity contribution is -0.140. The Kier molecular flexibility index (Phi) is 5.72. The summed E-state index contributed by atoms with van der Waals surface area (Å²) in [4.78, 5) is 15.2. The van der Waals surface area contributed by atoms with E-state index in [1.165, 1.54) is 0 Å². The summed E-state index contributed by atoms with van der Waals surface area (Å²) in [7, 11) is 0. The maximum Gasteiger partial charge on any atom is 0.146 e. The highest BCUT2D eigenvalue weighted by atomic mass is 16.1. The van der Waals surface area contributed by atoms with E-state index < -0.39 is 10.8 Å². The van der Waals surface area contributed by atoms with E-state index in [-0.39, 0.29) is 18.0 Å². The quantitative estimate of drug-likeness (QED) is 0.540. The summed E-state index contributed by atoms with van der Waals surface area (Å²) in [5.41, 5.74) is 17.3. The number of ketones is 1. The number of hydrogen-bond acceptors (Lipinski definition) is 5. The van der Waals surface area contributed by atoms with E-state index >= 15 is 0 Å². The molecule has 0 bridgehead atoms. The highest BCUT2D eigenvalue weighted by Crippen LogP contribution is 2.40. The highest BCUT2D eigenvalue weighted by Gasteiger charge is 2.49. The fourth-order valence-corrected chi connectivity index (χ4v) is 2.97. The molecule has 6 N–H and O–H groups in total. The lowest BCUT2D eigenvalue weighted by Crippen LogP contribution is -2.60. The number of hydrogen-bond donors (Lipinski definition) is 3. The number of rotatable bonds is 9. The van der Waals surface area contributed by atoms with Crippen LogP contribution >= 0.6 is 0 Å². The zero-order valence-corrected chi connectivity index (χ0v) is 13.5. The van der Waals surface area contributed by atoms with Gasteiger partial charge in [-0.15, -0.1) is 0 Å². The lowest BCUT2D eigenvalue weighted by Gasteiger charge is -2.42. The van der Waals surface area contributed by atoms with Crippen LogP contribution in [0.2, 0.25) is 0 Å². The number of carbonyl (C=O) groups is 1. The molecule has 1 heterocycles. The Morgan fingerprint density at radius 3 is 2.10 bits per heavy atom. The van der Waals surface area contributed by atoms with Gasteiger partial charge in [-0.05, 0) is 25.8 Å². The molecule has 5 heteroatoms. The Morgan fingerprint density at radius 1 is 1.20 bits per heavy atom. The summed E-state index contributed by atoms with van der Waals surface area (Å²) in [6.07, 6.45) is 1.95. The van der Waals surface area contributed by atoms with Gasteiger partial charge in [0.25, 0.3) is 0 Å². The van der Waals surface area contributed by atoms with Crippen LogP contribution in [0.3, 0.4) is 0 Å². The highest BCUT2D eigenvalue weighted by molar-refractivity contribution is 5.90. The summed E-state index contributed by atoms with van der Waals surface area (Å²) in [5, 5.41) is 0. The Hall–Kier alpha value is -0.490. The van der Waals surface area contributed by atoms with Gasteiger partial charge in [-0.2, -0.15) is 0 Å². The smallest absolute Gasteiger partial charge is 0.146 e. The molecule has 1 saturated heterocycles. The fourth-order valence-electron chi connectivity index (χ4n) is 2.97. The molecule has 1 aliphatic heterocycles. The molecular weight excluding hydrogens is 252 g/mol. The van der Waals surface area contributed by atoms with Crippen molar-refractivity contribution in [2.75, 3.05) is 19.6 Å². The molecule has 118 valence electrons. The normalized spacial score (nSPS) is 24.6. The standard InChI is InChI=1S/C15H32N4O/c1-5-14(3,7-8-16)13(20)15(4,6-2)11(17)12(18)19-9-10-19/h11-12H,5-10,16-18H2,1-4H3. The molecule has 0 amide bonds. The van der Waals surface area contributed by atoms with Gasteiger partial charge in [0.15, 0.2) is 0 Å².